The first-order chi connectivity index (χ1) is 12.9. The van der Waals surface area contributed by atoms with E-state index < -0.39 is 10.0 Å². The van der Waals surface area contributed by atoms with Crippen LogP contribution in [0.3, 0.4) is 0 Å². The van der Waals surface area contributed by atoms with Gasteiger partial charge in [-0.1, -0.05) is 18.2 Å². The maximum absolute atomic E-state index is 12.9. The number of ether oxygens (including phenoxy) is 1. The van der Waals surface area contributed by atoms with Crippen molar-refractivity contribution in [3.8, 4) is 5.75 Å². The molecule has 1 N–H and O–H groups in total. The van der Waals surface area contributed by atoms with Crippen LogP contribution in [0, 0.1) is 6.92 Å². The summed E-state index contributed by atoms with van der Waals surface area (Å²) in [6.07, 6.45) is 1.75. The first kappa shape index (κ1) is 19.4. The Bertz CT molecular complexity index is 917. The normalized spacial score (nSPS) is 14.9. The van der Waals surface area contributed by atoms with E-state index in [0.29, 0.717) is 30.8 Å². The van der Waals surface area contributed by atoms with Gasteiger partial charge in [0.25, 0.3) is 5.91 Å². The van der Waals surface area contributed by atoms with Gasteiger partial charge in [-0.05, 0) is 55.2 Å². The molecule has 0 saturated carbocycles. The van der Waals surface area contributed by atoms with Crippen LogP contribution in [0.1, 0.15) is 34.3 Å². The third-order valence-electron chi connectivity index (χ3n) is 4.75. The molecule has 3 rings (SSSR count). The molecule has 27 heavy (non-hydrogen) atoms. The second kappa shape index (κ2) is 8.10. The van der Waals surface area contributed by atoms with Gasteiger partial charge in [-0.25, -0.2) is 8.42 Å². The van der Waals surface area contributed by atoms with E-state index in [1.807, 2.05) is 24.3 Å². The van der Waals surface area contributed by atoms with E-state index in [9.17, 15) is 13.2 Å². The lowest BCUT2D eigenvalue weighted by Crippen LogP contribution is -2.29. The van der Waals surface area contributed by atoms with Crippen LogP contribution in [0.25, 0.3) is 0 Å². The molecule has 1 aliphatic rings. The van der Waals surface area contributed by atoms with Gasteiger partial charge in [-0.15, -0.1) is 0 Å². The van der Waals surface area contributed by atoms with E-state index in [1.165, 1.54) is 10.4 Å². The summed E-state index contributed by atoms with van der Waals surface area (Å²) in [5.74, 6) is 0.448. The Morgan fingerprint density at radius 1 is 1.11 bits per heavy atom. The van der Waals surface area contributed by atoms with E-state index in [2.05, 4.69) is 5.32 Å². The second-order valence-electron chi connectivity index (χ2n) is 6.62. The highest BCUT2D eigenvalue weighted by Crippen LogP contribution is 2.24. The Kier molecular flexibility index (Phi) is 5.82. The molecule has 0 unspecified atom stereocenters. The van der Waals surface area contributed by atoms with Crippen LogP contribution in [0.2, 0.25) is 0 Å². The number of hydrogen-bond donors (Lipinski definition) is 1. The summed E-state index contributed by atoms with van der Waals surface area (Å²) < 4.78 is 32.3. The third kappa shape index (κ3) is 4.31. The highest BCUT2D eigenvalue weighted by Gasteiger charge is 2.29. The molecular formula is C20H24N2O4S. The molecule has 6 nitrogen and oxygen atoms in total. The van der Waals surface area contributed by atoms with Gasteiger partial charge in [0.15, 0.2) is 0 Å². The average Bonchev–Trinajstić information content (AvgIpc) is 3.22. The van der Waals surface area contributed by atoms with Gasteiger partial charge in [-0.2, -0.15) is 4.31 Å². The number of hydrogen-bond acceptors (Lipinski definition) is 4. The fourth-order valence-electron chi connectivity index (χ4n) is 3.11. The van der Waals surface area contributed by atoms with Crippen LogP contribution in [-0.2, 0) is 16.6 Å². The van der Waals surface area contributed by atoms with Gasteiger partial charge >= 0.3 is 0 Å². The molecule has 0 aliphatic carbocycles. The number of carbonyl (C=O) groups excluding carboxylic acids is 1. The number of rotatable bonds is 6. The predicted octanol–water partition coefficient (Wildman–Crippen LogP) is 2.72. The Morgan fingerprint density at radius 2 is 1.78 bits per heavy atom. The molecule has 2 aromatic rings. The highest BCUT2D eigenvalue weighted by molar-refractivity contribution is 7.89. The number of carbonyl (C=O) groups is 1. The van der Waals surface area contributed by atoms with Crippen molar-refractivity contribution >= 4 is 15.9 Å². The smallest absolute Gasteiger partial charge is 0.251 e. The molecule has 0 aromatic heterocycles. The number of nitrogens with zero attached hydrogens (tertiary/aromatic N) is 1. The summed E-state index contributed by atoms with van der Waals surface area (Å²) in [6.45, 7) is 3.18. The SMILES string of the molecule is COc1ccc(CNC(=O)c2ccc(C)c(S(=O)(=O)N3CCCC3)c2)cc1. The Hall–Kier alpha value is -2.38. The number of benzene rings is 2. The summed E-state index contributed by atoms with van der Waals surface area (Å²) in [7, 11) is -1.96. The number of aryl methyl sites for hydroxylation is 1. The fraction of sp³-hybridized carbons (Fsp3) is 0.350. The molecule has 2 aromatic carbocycles. The zero-order chi connectivity index (χ0) is 19.4. The lowest BCUT2D eigenvalue weighted by molar-refractivity contribution is 0.0950. The molecule has 7 heteroatoms. The molecule has 1 aliphatic heterocycles. The monoisotopic (exact) mass is 388 g/mol. The number of amides is 1. The summed E-state index contributed by atoms with van der Waals surface area (Å²) in [6, 6.07) is 12.2. The largest absolute Gasteiger partial charge is 0.497 e. The van der Waals surface area contributed by atoms with Crippen LogP contribution in [0.15, 0.2) is 47.4 Å². The number of methoxy groups -OCH3 is 1. The van der Waals surface area contributed by atoms with E-state index in [-0.39, 0.29) is 10.8 Å². The maximum Gasteiger partial charge on any atom is 0.251 e. The van der Waals surface area contributed by atoms with Crippen molar-refractivity contribution in [1.82, 2.24) is 9.62 Å². The van der Waals surface area contributed by atoms with E-state index in [1.54, 1.807) is 26.2 Å². The van der Waals surface area contributed by atoms with Gasteiger partial charge in [0.05, 0.1) is 12.0 Å². The maximum atomic E-state index is 12.9. The van der Waals surface area contributed by atoms with Gasteiger partial charge in [-0.3, -0.25) is 4.79 Å². The van der Waals surface area contributed by atoms with Crippen molar-refractivity contribution in [2.24, 2.45) is 0 Å². The topological polar surface area (TPSA) is 75.7 Å². The molecule has 0 radical (unpaired) electrons. The van der Waals surface area contributed by atoms with Gasteiger partial charge < -0.3 is 10.1 Å². The minimum absolute atomic E-state index is 0.210. The minimum Gasteiger partial charge on any atom is -0.497 e. The van der Waals surface area contributed by atoms with E-state index in [0.717, 1.165) is 24.2 Å². The van der Waals surface area contributed by atoms with Crippen molar-refractivity contribution in [3.05, 3.63) is 59.2 Å². The lowest BCUT2D eigenvalue weighted by atomic mass is 10.1. The third-order valence-corrected chi connectivity index (χ3v) is 6.79. The van der Waals surface area contributed by atoms with Crippen molar-refractivity contribution in [3.63, 3.8) is 0 Å². The minimum atomic E-state index is -3.56. The van der Waals surface area contributed by atoms with Gasteiger partial charge in [0.2, 0.25) is 10.0 Å². The Morgan fingerprint density at radius 3 is 2.41 bits per heavy atom. The van der Waals surface area contributed by atoms with Crippen molar-refractivity contribution in [2.75, 3.05) is 20.2 Å². The Labute approximate surface area is 160 Å². The summed E-state index contributed by atoms with van der Waals surface area (Å²) in [4.78, 5) is 12.7. The molecule has 0 atom stereocenters. The molecule has 144 valence electrons. The molecule has 1 heterocycles. The molecule has 0 bridgehead atoms. The molecular weight excluding hydrogens is 364 g/mol. The van der Waals surface area contributed by atoms with Crippen LogP contribution in [0.4, 0.5) is 0 Å². The highest BCUT2D eigenvalue weighted by atomic mass is 32.2. The predicted molar refractivity (Wildman–Crippen MR) is 103 cm³/mol. The average molecular weight is 388 g/mol. The molecule has 0 spiro atoms. The quantitative estimate of drug-likeness (QED) is 0.826. The standard InChI is InChI=1S/C20H24N2O4S/c1-15-5-8-17(13-19(15)27(24,25)22-11-3-4-12-22)20(23)21-14-16-6-9-18(26-2)10-7-16/h5-10,13H,3-4,11-12,14H2,1-2H3,(H,21,23). The first-order valence-electron chi connectivity index (χ1n) is 8.94. The summed E-state index contributed by atoms with van der Waals surface area (Å²) >= 11 is 0. The molecule has 1 amide bonds. The van der Waals surface area contributed by atoms with Crippen LogP contribution in [-0.4, -0.2) is 38.8 Å². The fourth-order valence-corrected chi connectivity index (χ4v) is 4.88. The Balaban J connectivity index is 1.75. The van der Waals surface area contributed by atoms with E-state index in [4.69, 9.17) is 4.74 Å². The molecule has 1 saturated heterocycles. The zero-order valence-electron chi connectivity index (χ0n) is 15.6. The van der Waals surface area contributed by atoms with Gasteiger partial charge in [0, 0.05) is 25.2 Å². The van der Waals surface area contributed by atoms with Crippen LogP contribution >= 0.6 is 0 Å². The second-order valence-corrected chi connectivity index (χ2v) is 8.53. The number of nitrogens with one attached hydrogen (secondary N) is 1. The van der Waals surface area contributed by atoms with E-state index >= 15 is 0 Å². The molecule has 1 fully saturated rings. The first-order valence-corrected chi connectivity index (χ1v) is 10.4. The summed E-state index contributed by atoms with van der Waals surface area (Å²) in [5, 5.41) is 2.83. The van der Waals surface area contributed by atoms with Crippen LogP contribution in [0.5, 0.6) is 5.75 Å². The van der Waals surface area contributed by atoms with Crippen molar-refractivity contribution < 1.29 is 17.9 Å². The summed E-state index contributed by atoms with van der Waals surface area (Å²) in [5.41, 5.74) is 1.92. The number of sulfonamides is 1. The zero-order valence-corrected chi connectivity index (χ0v) is 16.4. The lowest BCUT2D eigenvalue weighted by Gasteiger charge is -2.18. The van der Waals surface area contributed by atoms with Crippen LogP contribution < -0.4 is 10.1 Å². The van der Waals surface area contributed by atoms with Crippen molar-refractivity contribution in [1.29, 1.82) is 0 Å². The van der Waals surface area contributed by atoms with Gasteiger partial charge in [0.1, 0.15) is 5.75 Å². The van der Waals surface area contributed by atoms with Crippen molar-refractivity contribution in [2.45, 2.75) is 31.2 Å².